The maximum Gasteiger partial charge on any atom is 0.246 e. The Bertz CT molecular complexity index is 1360. The number of hydrogen-bond donors (Lipinski definition) is 2. The second kappa shape index (κ2) is 10.6. The highest BCUT2D eigenvalue weighted by atomic mass is 35.5. The van der Waals surface area contributed by atoms with Crippen molar-refractivity contribution in [2.45, 2.75) is 69.4 Å². The lowest BCUT2D eigenvalue weighted by Crippen LogP contribution is -2.56. The zero-order chi connectivity index (χ0) is 28.0. The van der Waals surface area contributed by atoms with Crippen molar-refractivity contribution in [3.63, 3.8) is 0 Å². The summed E-state index contributed by atoms with van der Waals surface area (Å²) < 4.78 is 11.7. The zero-order valence-electron chi connectivity index (χ0n) is 22.7. The van der Waals surface area contributed by atoms with Crippen molar-refractivity contribution < 1.29 is 23.9 Å². The fourth-order valence-electron chi connectivity index (χ4n) is 6.79. The van der Waals surface area contributed by atoms with Gasteiger partial charge >= 0.3 is 0 Å². The predicted octanol–water partition coefficient (Wildman–Crippen LogP) is 4.40. The third kappa shape index (κ3) is 4.57. The van der Waals surface area contributed by atoms with Crippen LogP contribution in [0.2, 0.25) is 5.02 Å². The highest BCUT2D eigenvalue weighted by Gasteiger charge is 2.72. The SMILES string of the molecule is COc1ccc(CN2C(=O)[C@H]3C(C(=O)Nc4ccc(C)c(Cl)c4)[C@H]4C=CC3(O4)C2C(=O)NC2CCCCC2)cc1. The summed E-state index contributed by atoms with van der Waals surface area (Å²) in [5, 5.41) is 6.69. The molecule has 9 heteroatoms. The van der Waals surface area contributed by atoms with Gasteiger partial charge in [-0.2, -0.15) is 0 Å². The van der Waals surface area contributed by atoms with E-state index in [4.69, 9.17) is 21.1 Å². The first-order valence-electron chi connectivity index (χ1n) is 14.0. The van der Waals surface area contributed by atoms with Crippen molar-refractivity contribution in [3.8, 4) is 5.75 Å². The van der Waals surface area contributed by atoms with Gasteiger partial charge in [-0.3, -0.25) is 14.4 Å². The van der Waals surface area contributed by atoms with Crippen LogP contribution in [-0.2, 0) is 25.7 Å². The van der Waals surface area contributed by atoms with Crippen LogP contribution < -0.4 is 15.4 Å². The molecule has 1 spiro atoms. The van der Waals surface area contributed by atoms with Crippen LogP contribution >= 0.6 is 11.6 Å². The first-order chi connectivity index (χ1) is 19.3. The van der Waals surface area contributed by atoms with Crippen LogP contribution in [0.3, 0.4) is 0 Å². The van der Waals surface area contributed by atoms with Crippen molar-refractivity contribution in [2.24, 2.45) is 11.8 Å². The van der Waals surface area contributed by atoms with E-state index in [9.17, 15) is 14.4 Å². The van der Waals surface area contributed by atoms with Gasteiger partial charge in [0.15, 0.2) is 0 Å². The molecule has 2 aromatic rings. The van der Waals surface area contributed by atoms with E-state index in [1.165, 1.54) is 6.42 Å². The Labute approximate surface area is 239 Å². The monoisotopic (exact) mass is 563 g/mol. The minimum atomic E-state index is -1.21. The Balaban J connectivity index is 1.31. The molecule has 2 saturated heterocycles. The number of amides is 3. The van der Waals surface area contributed by atoms with Gasteiger partial charge in [0.05, 0.1) is 25.0 Å². The molecule has 3 amide bonds. The number of nitrogens with zero attached hydrogens (tertiary/aromatic N) is 1. The molecular weight excluding hydrogens is 530 g/mol. The van der Waals surface area contributed by atoms with Crippen LogP contribution in [0.1, 0.15) is 43.2 Å². The number of likely N-dealkylation sites (tertiary alicyclic amines) is 1. The molecule has 6 rings (SSSR count). The second-order valence-electron chi connectivity index (χ2n) is 11.3. The number of fused-ring (bicyclic) bond motifs is 1. The van der Waals surface area contributed by atoms with Gasteiger partial charge in [-0.05, 0) is 55.2 Å². The van der Waals surface area contributed by atoms with E-state index in [0.29, 0.717) is 16.5 Å². The molecule has 2 N–H and O–H groups in total. The highest BCUT2D eigenvalue weighted by molar-refractivity contribution is 6.31. The summed E-state index contributed by atoms with van der Waals surface area (Å²) in [6.45, 7) is 2.10. The molecular formula is C31H34ClN3O5. The van der Waals surface area contributed by atoms with Gasteiger partial charge in [-0.25, -0.2) is 0 Å². The molecule has 8 nitrogen and oxygen atoms in total. The summed E-state index contributed by atoms with van der Waals surface area (Å²) in [5.41, 5.74) is 1.10. The van der Waals surface area contributed by atoms with Gasteiger partial charge in [-0.15, -0.1) is 0 Å². The van der Waals surface area contributed by atoms with E-state index in [2.05, 4.69) is 10.6 Å². The number of benzene rings is 2. The zero-order valence-corrected chi connectivity index (χ0v) is 23.4. The number of rotatable bonds is 7. The second-order valence-corrected chi connectivity index (χ2v) is 11.7. The molecule has 0 aromatic heterocycles. The summed E-state index contributed by atoms with van der Waals surface area (Å²) in [4.78, 5) is 43.4. The van der Waals surface area contributed by atoms with E-state index < -0.39 is 29.6 Å². The molecule has 5 atom stereocenters. The topological polar surface area (TPSA) is 97.0 Å². The number of nitrogens with one attached hydrogen (secondary N) is 2. The summed E-state index contributed by atoms with van der Waals surface area (Å²) in [5.74, 6) is -1.70. The first-order valence-corrected chi connectivity index (χ1v) is 14.4. The molecule has 3 fully saturated rings. The van der Waals surface area contributed by atoms with E-state index in [-0.39, 0.29) is 30.3 Å². The lowest BCUT2D eigenvalue weighted by Gasteiger charge is -2.34. The van der Waals surface area contributed by atoms with E-state index in [1.807, 2.05) is 49.4 Å². The normalized spacial score (nSPS) is 29.0. The van der Waals surface area contributed by atoms with Gasteiger partial charge in [-0.1, -0.05) is 61.2 Å². The Morgan fingerprint density at radius 3 is 2.55 bits per heavy atom. The molecule has 2 bridgehead atoms. The molecule has 2 aromatic carbocycles. The van der Waals surface area contributed by atoms with E-state index in [1.54, 1.807) is 24.1 Å². The van der Waals surface area contributed by atoms with Gasteiger partial charge in [0.2, 0.25) is 17.7 Å². The van der Waals surface area contributed by atoms with Crippen LogP contribution in [0.4, 0.5) is 5.69 Å². The maximum absolute atomic E-state index is 14.2. The van der Waals surface area contributed by atoms with Crippen molar-refractivity contribution >= 4 is 35.0 Å². The Kier molecular flexibility index (Phi) is 7.09. The van der Waals surface area contributed by atoms with Crippen LogP contribution in [0.15, 0.2) is 54.6 Å². The quantitative estimate of drug-likeness (QED) is 0.487. The summed E-state index contributed by atoms with van der Waals surface area (Å²) in [6, 6.07) is 11.9. The third-order valence-corrected chi connectivity index (χ3v) is 9.24. The van der Waals surface area contributed by atoms with Gasteiger partial charge in [0, 0.05) is 23.3 Å². The molecule has 3 heterocycles. The lowest BCUT2D eigenvalue weighted by atomic mass is 9.74. The van der Waals surface area contributed by atoms with Crippen molar-refractivity contribution in [2.75, 3.05) is 12.4 Å². The number of ether oxygens (including phenoxy) is 2. The first kappa shape index (κ1) is 26.8. The van der Waals surface area contributed by atoms with Crippen LogP contribution in [-0.4, -0.2) is 53.5 Å². The van der Waals surface area contributed by atoms with Crippen molar-refractivity contribution in [3.05, 3.63) is 70.8 Å². The molecule has 3 aliphatic heterocycles. The Hall–Kier alpha value is -3.36. The average Bonchev–Trinajstić information content (AvgIpc) is 3.59. The van der Waals surface area contributed by atoms with E-state index in [0.717, 1.165) is 36.8 Å². The molecule has 1 aliphatic carbocycles. The minimum absolute atomic E-state index is 0.0719. The van der Waals surface area contributed by atoms with Crippen LogP contribution in [0.5, 0.6) is 5.75 Å². The number of aryl methyl sites for hydroxylation is 1. The lowest BCUT2D eigenvalue weighted by molar-refractivity contribution is -0.142. The van der Waals surface area contributed by atoms with Crippen molar-refractivity contribution in [1.29, 1.82) is 0 Å². The van der Waals surface area contributed by atoms with E-state index >= 15 is 0 Å². The number of carbonyl (C=O) groups excluding carboxylic acids is 3. The summed E-state index contributed by atoms with van der Waals surface area (Å²) in [7, 11) is 1.60. The molecule has 4 aliphatic rings. The maximum atomic E-state index is 14.2. The number of anilines is 1. The largest absolute Gasteiger partial charge is 0.497 e. The van der Waals surface area contributed by atoms with Gasteiger partial charge in [0.25, 0.3) is 0 Å². The molecule has 40 heavy (non-hydrogen) atoms. The number of halogens is 1. The standard InChI is InChI=1S/C31H34ClN3O5/c1-18-8-11-21(16-23(18)32)34-28(36)25-24-14-15-31(40-24)26(25)30(38)35(17-19-9-12-22(39-2)13-10-19)27(31)29(37)33-20-6-4-3-5-7-20/h8-16,20,24-27H,3-7,17H2,1-2H3,(H,33,37)(H,34,36)/t24-,25?,26-,27?,31?/m1/s1. The number of methoxy groups -OCH3 is 1. The summed E-state index contributed by atoms with van der Waals surface area (Å²) in [6.07, 6.45) is 8.22. The molecule has 3 unspecified atom stereocenters. The Morgan fingerprint density at radius 1 is 1.10 bits per heavy atom. The third-order valence-electron chi connectivity index (χ3n) is 8.83. The molecule has 0 radical (unpaired) electrons. The Morgan fingerprint density at radius 2 is 1.85 bits per heavy atom. The minimum Gasteiger partial charge on any atom is -0.497 e. The number of carbonyl (C=O) groups is 3. The highest BCUT2D eigenvalue weighted by Crippen LogP contribution is 2.55. The molecule has 1 saturated carbocycles. The average molecular weight is 564 g/mol. The fraction of sp³-hybridized carbons (Fsp3) is 0.452. The van der Waals surface area contributed by atoms with Gasteiger partial charge in [0.1, 0.15) is 17.4 Å². The molecule has 210 valence electrons. The summed E-state index contributed by atoms with van der Waals surface area (Å²) >= 11 is 6.28. The fourth-order valence-corrected chi connectivity index (χ4v) is 6.97. The van der Waals surface area contributed by atoms with Crippen LogP contribution in [0.25, 0.3) is 0 Å². The van der Waals surface area contributed by atoms with Crippen LogP contribution in [0, 0.1) is 18.8 Å². The number of hydrogen-bond acceptors (Lipinski definition) is 5. The predicted molar refractivity (Wildman–Crippen MR) is 151 cm³/mol. The smallest absolute Gasteiger partial charge is 0.246 e. The van der Waals surface area contributed by atoms with Crippen molar-refractivity contribution in [1.82, 2.24) is 10.2 Å². The van der Waals surface area contributed by atoms with Gasteiger partial charge < -0.3 is 25.0 Å².